The highest BCUT2D eigenvalue weighted by Gasteiger charge is 2.03. The van der Waals surface area contributed by atoms with Crippen molar-refractivity contribution in [3.8, 4) is 5.75 Å². The molecule has 5 nitrogen and oxygen atoms in total. The summed E-state index contributed by atoms with van der Waals surface area (Å²) >= 11 is 4.56. The summed E-state index contributed by atoms with van der Waals surface area (Å²) < 4.78 is 5.37. The Bertz CT molecular complexity index is 616. The van der Waals surface area contributed by atoms with Gasteiger partial charge in [-0.3, -0.25) is 15.6 Å². The molecule has 4 N–H and O–H groups in total. The molecule has 0 radical (unpaired) electrons. The Balaban J connectivity index is 1.94. The third-order valence-electron chi connectivity index (χ3n) is 2.42. The van der Waals surface area contributed by atoms with Gasteiger partial charge in [-0.1, -0.05) is 30.3 Å². The average Bonchev–Trinajstić information content (AvgIpc) is 2.42. The molecule has 6 heteroatoms. The highest BCUT2D eigenvalue weighted by molar-refractivity contribution is 7.80. The fraction of sp³-hybridized carbons (Fsp3) is 0.0769. The fourth-order valence-corrected chi connectivity index (χ4v) is 1.62. The lowest BCUT2D eigenvalue weighted by Gasteiger charge is -2.08. The first-order valence-electron chi connectivity index (χ1n) is 5.61. The highest BCUT2D eigenvalue weighted by Crippen LogP contribution is 2.20. The minimum atomic E-state index is -0.360. The van der Waals surface area contributed by atoms with Gasteiger partial charge in [-0.25, -0.2) is 0 Å². The lowest BCUT2D eigenvalue weighted by atomic mass is 10.1. The molecular formula is C13H13N3O2S. The minimum Gasteiger partial charge on any atom is -0.484 e. The number of hydrogen-bond donors (Lipinski definition) is 3. The van der Waals surface area contributed by atoms with E-state index >= 15 is 0 Å². The number of carbonyl (C=O) groups is 1. The minimum absolute atomic E-state index is 0.000875. The number of carbonyl (C=O) groups excluding carboxylic acids is 1. The molecule has 0 saturated heterocycles. The van der Waals surface area contributed by atoms with Gasteiger partial charge in [-0.15, -0.1) is 0 Å². The molecule has 2 rings (SSSR count). The van der Waals surface area contributed by atoms with Crippen molar-refractivity contribution in [1.82, 2.24) is 10.9 Å². The molecule has 0 aliphatic carbocycles. The number of thiocarbonyl (C=S) groups is 1. The van der Waals surface area contributed by atoms with E-state index in [4.69, 9.17) is 10.5 Å². The van der Waals surface area contributed by atoms with E-state index < -0.39 is 0 Å². The quantitative estimate of drug-likeness (QED) is 0.577. The van der Waals surface area contributed by atoms with Crippen molar-refractivity contribution < 1.29 is 9.53 Å². The van der Waals surface area contributed by atoms with E-state index in [0.29, 0.717) is 5.75 Å². The molecule has 0 aromatic heterocycles. The molecule has 2 aromatic rings. The number of nitrogens with one attached hydrogen (secondary N) is 2. The number of ether oxygens (including phenoxy) is 1. The zero-order chi connectivity index (χ0) is 13.7. The van der Waals surface area contributed by atoms with Gasteiger partial charge < -0.3 is 10.5 Å². The molecule has 0 heterocycles. The average molecular weight is 275 g/mol. The van der Waals surface area contributed by atoms with E-state index in [9.17, 15) is 4.79 Å². The van der Waals surface area contributed by atoms with Crippen LogP contribution in [0.25, 0.3) is 10.8 Å². The first-order chi connectivity index (χ1) is 9.15. The molecule has 0 spiro atoms. The van der Waals surface area contributed by atoms with Gasteiger partial charge in [0.05, 0.1) is 0 Å². The summed E-state index contributed by atoms with van der Waals surface area (Å²) in [6.45, 7) is -0.117. The maximum absolute atomic E-state index is 11.4. The second-order valence-corrected chi connectivity index (χ2v) is 4.27. The Morgan fingerprint density at radius 2 is 1.89 bits per heavy atom. The number of nitrogens with two attached hydrogens (primary N) is 1. The van der Waals surface area contributed by atoms with Crippen LogP contribution in [0.4, 0.5) is 0 Å². The third kappa shape index (κ3) is 3.82. The van der Waals surface area contributed by atoms with Crippen molar-refractivity contribution in [1.29, 1.82) is 0 Å². The van der Waals surface area contributed by atoms with Crippen LogP contribution < -0.4 is 21.3 Å². The Kier molecular flexibility index (Phi) is 4.15. The van der Waals surface area contributed by atoms with Gasteiger partial charge in [0.25, 0.3) is 5.91 Å². The van der Waals surface area contributed by atoms with E-state index in [1.165, 1.54) is 0 Å². The van der Waals surface area contributed by atoms with Crippen LogP contribution in [0.5, 0.6) is 5.75 Å². The van der Waals surface area contributed by atoms with Crippen LogP contribution in [0.15, 0.2) is 42.5 Å². The smallest absolute Gasteiger partial charge is 0.276 e. The Hall–Kier alpha value is -2.34. The standard InChI is InChI=1S/C13H13N3O2S/c14-13(19)16-15-12(17)8-18-11-6-5-9-3-1-2-4-10(9)7-11/h1-7H,8H2,(H,15,17)(H3,14,16,19). The van der Waals surface area contributed by atoms with Crippen LogP contribution in [0.1, 0.15) is 0 Å². The highest BCUT2D eigenvalue weighted by atomic mass is 32.1. The van der Waals surface area contributed by atoms with Crippen molar-refractivity contribution >= 4 is 34.0 Å². The Morgan fingerprint density at radius 3 is 2.63 bits per heavy atom. The van der Waals surface area contributed by atoms with Crippen LogP contribution in [-0.2, 0) is 4.79 Å². The predicted molar refractivity (Wildman–Crippen MR) is 77.5 cm³/mol. The lowest BCUT2D eigenvalue weighted by molar-refractivity contribution is -0.123. The first-order valence-corrected chi connectivity index (χ1v) is 6.02. The molecule has 0 fully saturated rings. The second kappa shape index (κ2) is 6.01. The topological polar surface area (TPSA) is 76.4 Å². The van der Waals surface area contributed by atoms with Gasteiger partial charge >= 0.3 is 0 Å². The van der Waals surface area contributed by atoms with Crippen LogP contribution in [0, 0.1) is 0 Å². The van der Waals surface area contributed by atoms with Gasteiger partial charge in [0.15, 0.2) is 11.7 Å². The van der Waals surface area contributed by atoms with Gasteiger partial charge in [0.1, 0.15) is 5.75 Å². The number of hydrazine groups is 1. The maximum Gasteiger partial charge on any atom is 0.276 e. The van der Waals surface area contributed by atoms with E-state index in [0.717, 1.165) is 10.8 Å². The van der Waals surface area contributed by atoms with Crippen molar-refractivity contribution in [3.63, 3.8) is 0 Å². The van der Waals surface area contributed by atoms with Crippen LogP contribution >= 0.6 is 12.2 Å². The molecule has 0 unspecified atom stereocenters. The molecule has 0 aliphatic heterocycles. The number of benzene rings is 2. The van der Waals surface area contributed by atoms with Crippen molar-refractivity contribution in [2.75, 3.05) is 6.61 Å². The second-order valence-electron chi connectivity index (χ2n) is 3.84. The van der Waals surface area contributed by atoms with E-state index in [1.807, 2.05) is 42.5 Å². The van der Waals surface area contributed by atoms with Crippen LogP contribution in [-0.4, -0.2) is 17.6 Å². The fourth-order valence-electron chi connectivity index (χ4n) is 1.57. The first kappa shape index (κ1) is 13.1. The molecule has 2 aromatic carbocycles. The molecule has 0 bridgehead atoms. The number of rotatable bonds is 3. The summed E-state index contributed by atoms with van der Waals surface area (Å²) in [5, 5.41) is 2.18. The lowest BCUT2D eigenvalue weighted by Crippen LogP contribution is -2.46. The SMILES string of the molecule is NC(=S)NNC(=O)COc1ccc2ccccc2c1. The summed E-state index contributed by atoms with van der Waals surface area (Å²) in [4.78, 5) is 11.4. The Labute approximate surface area is 115 Å². The summed E-state index contributed by atoms with van der Waals surface area (Å²) in [5.41, 5.74) is 9.83. The summed E-state index contributed by atoms with van der Waals surface area (Å²) in [5.74, 6) is 0.269. The van der Waals surface area contributed by atoms with Gasteiger partial charge in [0.2, 0.25) is 0 Å². The largest absolute Gasteiger partial charge is 0.484 e. The molecule has 19 heavy (non-hydrogen) atoms. The predicted octanol–water partition coefficient (Wildman–Crippen LogP) is 1.08. The van der Waals surface area contributed by atoms with E-state index in [-0.39, 0.29) is 17.6 Å². The number of amides is 1. The summed E-state index contributed by atoms with van der Waals surface area (Å²) in [6, 6.07) is 13.5. The monoisotopic (exact) mass is 275 g/mol. The molecule has 98 valence electrons. The number of hydrogen-bond acceptors (Lipinski definition) is 3. The zero-order valence-electron chi connectivity index (χ0n) is 10.1. The molecule has 0 atom stereocenters. The van der Waals surface area contributed by atoms with Crippen molar-refractivity contribution in [3.05, 3.63) is 42.5 Å². The molecular weight excluding hydrogens is 262 g/mol. The van der Waals surface area contributed by atoms with Gasteiger partial charge in [-0.05, 0) is 35.1 Å². The van der Waals surface area contributed by atoms with Crippen molar-refractivity contribution in [2.24, 2.45) is 5.73 Å². The maximum atomic E-state index is 11.4. The normalized spacial score (nSPS) is 9.89. The summed E-state index contributed by atoms with van der Waals surface area (Å²) in [7, 11) is 0. The van der Waals surface area contributed by atoms with Gasteiger partial charge in [-0.2, -0.15) is 0 Å². The van der Waals surface area contributed by atoms with E-state index in [2.05, 4.69) is 23.1 Å². The van der Waals surface area contributed by atoms with Crippen LogP contribution in [0.3, 0.4) is 0 Å². The Morgan fingerprint density at radius 1 is 1.16 bits per heavy atom. The molecule has 0 saturated carbocycles. The van der Waals surface area contributed by atoms with Crippen molar-refractivity contribution in [2.45, 2.75) is 0 Å². The molecule has 0 aliphatic rings. The van der Waals surface area contributed by atoms with Gasteiger partial charge in [0, 0.05) is 0 Å². The van der Waals surface area contributed by atoms with Crippen LogP contribution in [0.2, 0.25) is 0 Å². The molecule has 1 amide bonds. The number of fused-ring (bicyclic) bond motifs is 1. The summed E-state index contributed by atoms with van der Waals surface area (Å²) in [6.07, 6.45) is 0. The third-order valence-corrected chi connectivity index (χ3v) is 2.52. The zero-order valence-corrected chi connectivity index (χ0v) is 10.9. The van der Waals surface area contributed by atoms with E-state index in [1.54, 1.807) is 0 Å².